The maximum atomic E-state index is 13.7. The maximum Gasteiger partial charge on any atom is 0.257 e. The van der Waals surface area contributed by atoms with Gasteiger partial charge in [-0.25, -0.2) is 14.4 Å². The quantitative estimate of drug-likeness (QED) is 0.613. The minimum atomic E-state index is -0.332. The molecule has 4 heterocycles. The average molecular weight is 449 g/mol. The van der Waals surface area contributed by atoms with Crippen molar-refractivity contribution in [3.63, 3.8) is 0 Å². The highest BCUT2D eigenvalue weighted by Crippen LogP contribution is 2.33. The highest BCUT2D eigenvalue weighted by Gasteiger charge is 2.33. The number of aromatic nitrogens is 4. The number of nitrogens with zero attached hydrogens (tertiary/aromatic N) is 6. The summed E-state index contributed by atoms with van der Waals surface area (Å²) < 4.78 is 15.3. The van der Waals surface area contributed by atoms with E-state index in [-0.39, 0.29) is 30.1 Å². The molecule has 2 aliphatic rings. The zero-order valence-electron chi connectivity index (χ0n) is 18.7. The van der Waals surface area contributed by atoms with E-state index >= 15 is 0 Å². The minimum Gasteiger partial charge on any atom is -0.338 e. The molecule has 0 saturated carbocycles. The number of carbonyl (C=O) groups excluding carboxylic acids is 2. The summed E-state index contributed by atoms with van der Waals surface area (Å²) in [5.74, 6) is 0.823. The summed E-state index contributed by atoms with van der Waals surface area (Å²) in [5.41, 5.74) is 3.08. The van der Waals surface area contributed by atoms with E-state index in [1.54, 1.807) is 46.1 Å². The van der Waals surface area contributed by atoms with Crippen LogP contribution in [0, 0.1) is 12.7 Å². The lowest BCUT2D eigenvalue weighted by Crippen LogP contribution is -2.36. The predicted molar refractivity (Wildman–Crippen MR) is 119 cm³/mol. The Bertz CT molecular complexity index is 1240. The summed E-state index contributed by atoms with van der Waals surface area (Å²) >= 11 is 0. The molecule has 1 saturated heterocycles. The third kappa shape index (κ3) is 4.10. The second-order valence-corrected chi connectivity index (χ2v) is 8.72. The van der Waals surface area contributed by atoms with Gasteiger partial charge in [-0.1, -0.05) is 12.1 Å². The largest absolute Gasteiger partial charge is 0.338 e. The number of fused-ring (bicyclic) bond motifs is 1. The van der Waals surface area contributed by atoms with Crippen LogP contribution in [0.25, 0.3) is 0 Å². The van der Waals surface area contributed by atoms with Crippen molar-refractivity contribution < 1.29 is 14.0 Å². The van der Waals surface area contributed by atoms with Crippen LogP contribution in [-0.4, -0.2) is 49.6 Å². The van der Waals surface area contributed by atoms with Crippen LogP contribution in [0.15, 0.2) is 36.7 Å². The molecule has 1 aromatic carbocycles. The van der Waals surface area contributed by atoms with Gasteiger partial charge >= 0.3 is 0 Å². The smallest absolute Gasteiger partial charge is 0.257 e. The predicted octanol–water partition coefficient (Wildman–Crippen LogP) is 2.77. The lowest BCUT2D eigenvalue weighted by molar-refractivity contribution is -0.119. The van der Waals surface area contributed by atoms with Gasteiger partial charge in [-0.2, -0.15) is 5.10 Å². The topological polar surface area (TPSA) is 84.2 Å². The number of anilines is 1. The number of benzene rings is 1. The fourth-order valence-electron chi connectivity index (χ4n) is 4.64. The third-order valence-corrected chi connectivity index (χ3v) is 6.38. The van der Waals surface area contributed by atoms with E-state index in [2.05, 4.69) is 5.10 Å². The summed E-state index contributed by atoms with van der Waals surface area (Å²) in [7, 11) is 1.78. The molecule has 0 bridgehead atoms. The zero-order chi connectivity index (χ0) is 23.1. The number of amides is 2. The fraction of sp³-hybridized carbons (Fsp3) is 0.375. The lowest BCUT2D eigenvalue weighted by Gasteiger charge is -2.30. The van der Waals surface area contributed by atoms with E-state index in [9.17, 15) is 14.0 Å². The van der Waals surface area contributed by atoms with Crippen molar-refractivity contribution >= 4 is 17.6 Å². The molecule has 2 aromatic heterocycles. The Morgan fingerprint density at radius 2 is 2.09 bits per heavy atom. The highest BCUT2D eigenvalue weighted by atomic mass is 19.1. The molecule has 0 N–H and O–H groups in total. The van der Waals surface area contributed by atoms with Crippen molar-refractivity contribution in [3.8, 4) is 0 Å². The first kappa shape index (κ1) is 21.2. The molecular formula is C24H25FN6O2. The van der Waals surface area contributed by atoms with Gasteiger partial charge in [0.1, 0.15) is 17.5 Å². The van der Waals surface area contributed by atoms with Crippen molar-refractivity contribution in [2.24, 2.45) is 7.05 Å². The van der Waals surface area contributed by atoms with Gasteiger partial charge in [-0.05, 0) is 37.5 Å². The van der Waals surface area contributed by atoms with Gasteiger partial charge in [0.25, 0.3) is 5.91 Å². The minimum absolute atomic E-state index is 0.0114. The van der Waals surface area contributed by atoms with Crippen LogP contribution in [0.3, 0.4) is 0 Å². The summed E-state index contributed by atoms with van der Waals surface area (Å²) in [5, 5.41) is 4.08. The van der Waals surface area contributed by atoms with Gasteiger partial charge in [0.15, 0.2) is 0 Å². The summed E-state index contributed by atoms with van der Waals surface area (Å²) in [4.78, 5) is 38.6. The second-order valence-electron chi connectivity index (χ2n) is 8.72. The van der Waals surface area contributed by atoms with Crippen LogP contribution >= 0.6 is 0 Å². The van der Waals surface area contributed by atoms with Gasteiger partial charge in [0, 0.05) is 49.9 Å². The van der Waals surface area contributed by atoms with Crippen molar-refractivity contribution in [3.05, 3.63) is 70.7 Å². The first-order valence-corrected chi connectivity index (χ1v) is 11.1. The Kier molecular flexibility index (Phi) is 5.39. The molecule has 8 nitrogen and oxygen atoms in total. The first-order chi connectivity index (χ1) is 15.9. The van der Waals surface area contributed by atoms with E-state index in [0.717, 1.165) is 17.7 Å². The Labute approximate surface area is 191 Å². The van der Waals surface area contributed by atoms with Crippen LogP contribution in [0.1, 0.15) is 51.8 Å². The van der Waals surface area contributed by atoms with E-state index in [0.29, 0.717) is 48.7 Å². The van der Waals surface area contributed by atoms with Crippen LogP contribution in [0.4, 0.5) is 10.2 Å². The molecular weight excluding hydrogens is 423 g/mol. The number of rotatable bonds is 4. The van der Waals surface area contributed by atoms with Crippen molar-refractivity contribution in [2.75, 3.05) is 18.0 Å². The monoisotopic (exact) mass is 448 g/mol. The normalized spacial score (nSPS) is 18.0. The maximum absolute atomic E-state index is 13.7. The molecule has 3 aromatic rings. The Morgan fingerprint density at radius 3 is 2.85 bits per heavy atom. The number of likely N-dealkylation sites (tertiary alicyclic amines) is 1. The number of carbonyl (C=O) groups is 2. The Balaban J connectivity index is 1.41. The number of hydrogen-bond donors (Lipinski definition) is 0. The number of halogens is 1. The van der Waals surface area contributed by atoms with E-state index in [1.165, 1.54) is 12.1 Å². The van der Waals surface area contributed by atoms with E-state index in [4.69, 9.17) is 9.97 Å². The Morgan fingerprint density at radius 1 is 1.24 bits per heavy atom. The SMILES string of the molecule is Cc1nc(C2CCN(C(=O)c3cnn(C)c3)C2)nc2c1CCC(=O)N2Cc1cccc(F)c1. The first-order valence-electron chi connectivity index (χ1n) is 11.1. The van der Waals surface area contributed by atoms with E-state index < -0.39 is 0 Å². The molecule has 2 amide bonds. The van der Waals surface area contributed by atoms with Crippen molar-refractivity contribution in [1.29, 1.82) is 0 Å². The molecule has 170 valence electrons. The van der Waals surface area contributed by atoms with E-state index in [1.807, 2.05) is 6.92 Å². The van der Waals surface area contributed by atoms with Crippen LogP contribution in [0.5, 0.6) is 0 Å². The second kappa shape index (κ2) is 8.38. The molecule has 2 aliphatic heterocycles. The van der Waals surface area contributed by atoms with Gasteiger partial charge in [0.05, 0.1) is 18.3 Å². The zero-order valence-corrected chi connectivity index (χ0v) is 18.7. The molecule has 1 unspecified atom stereocenters. The fourth-order valence-corrected chi connectivity index (χ4v) is 4.64. The standard InChI is InChI=1S/C24H25FN6O2/c1-15-20-6-7-21(32)31(12-16-4-3-5-19(25)10-16)23(20)28-22(27-15)17-8-9-30(14-17)24(33)18-11-26-29(2)13-18/h3-5,10-11,13,17H,6-9,12,14H2,1-2H3. The summed E-state index contributed by atoms with van der Waals surface area (Å²) in [6, 6.07) is 6.27. The molecule has 0 aliphatic carbocycles. The summed E-state index contributed by atoms with van der Waals surface area (Å²) in [6.45, 7) is 3.33. The molecule has 1 fully saturated rings. The highest BCUT2D eigenvalue weighted by molar-refractivity contribution is 5.95. The van der Waals surface area contributed by atoms with Gasteiger partial charge < -0.3 is 4.90 Å². The molecule has 33 heavy (non-hydrogen) atoms. The molecule has 1 atom stereocenters. The van der Waals surface area contributed by atoms with Crippen molar-refractivity contribution in [2.45, 2.75) is 38.6 Å². The lowest BCUT2D eigenvalue weighted by atomic mass is 10.0. The van der Waals surface area contributed by atoms with Gasteiger partial charge in [-0.3, -0.25) is 19.2 Å². The van der Waals surface area contributed by atoms with Crippen LogP contribution in [-0.2, 0) is 24.8 Å². The number of hydrogen-bond acceptors (Lipinski definition) is 5. The summed E-state index contributed by atoms with van der Waals surface area (Å²) in [6.07, 6.45) is 5.01. The Hall–Kier alpha value is -3.62. The average Bonchev–Trinajstić information content (AvgIpc) is 3.45. The van der Waals surface area contributed by atoms with Crippen molar-refractivity contribution in [1.82, 2.24) is 24.6 Å². The molecule has 5 rings (SSSR count). The molecule has 9 heteroatoms. The van der Waals surface area contributed by atoms with Gasteiger partial charge in [-0.15, -0.1) is 0 Å². The number of aryl methyl sites for hydroxylation is 2. The van der Waals surface area contributed by atoms with Gasteiger partial charge in [0.2, 0.25) is 5.91 Å². The molecule has 0 radical (unpaired) electrons. The van der Waals surface area contributed by atoms with Crippen LogP contribution in [0.2, 0.25) is 0 Å². The van der Waals surface area contributed by atoms with Crippen LogP contribution < -0.4 is 4.90 Å². The third-order valence-electron chi connectivity index (χ3n) is 6.38. The molecule has 0 spiro atoms.